The van der Waals surface area contributed by atoms with Crippen molar-refractivity contribution in [3.63, 3.8) is 0 Å². The molecule has 5 nitrogen and oxygen atoms in total. The summed E-state index contributed by atoms with van der Waals surface area (Å²) in [5.74, 6) is -1.19. The number of nitrogens with one attached hydrogen (secondary N) is 1. The lowest BCUT2D eigenvalue weighted by Crippen LogP contribution is -2.29. The Hall–Kier alpha value is -2.74. The van der Waals surface area contributed by atoms with Crippen molar-refractivity contribution in [3.05, 3.63) is 59.1 Å². The van der Waals surface area contributed by atoms with Gasteiger partial charge < -0.3 is 14.8 Å². The number of halogens is 4. The second kappa shape index (κ2) is 8.77. The number of hydrogen-bond acceptors (Lipinski definition) is 4. The van der Waals surface area contributed by atoms with Gasteiger partial charge in [-0.05, 0) is 37.3 Å². The predicted molar refractivity (Wildman–Crippen MR) is 92.6 cm³/mol. The van der Waals surface area contributed by atoms with Crippen LogP contribution < -0.4 is 10.1 Å². The fraction of sp³-hybridized carbons (Fsp3) is 0.222. The zero-order valence-electron chi connectivity index (χ0n) is 14.0. The molecule has 0 bridgehead atoms. The first-order chi connectivity index (χ1) is 12.7. The van der Waals surface area contributed by atoms with E-state index in [0.717, 1.165) is 12.1 Å². The molecule has 2 aromatic carbocycles. The number of carbonyl (C=O) groups is 2. The highest BCUT2D eigenvalue weighted by Crippen LogP contribution is 2.33. The molecular weight excluding hydrogens is 387 g/mol. The maximum Gasteiger partial charge on any atom is 0.416 e. The summed E-state index contributed by atoms with van der Waals surface area (Å²) in [6.07, 6.45) is -5.56. The number of amides is 1. The first-order valence-corrected chi connectivity index (χ1v) is 8.09. The molecule has 27 heavy (non-hydrogen) atoms. The van der Waals surface area contributed by atoms with Gasteiger partial charge in [0.25, 0.3) is 5.91 Å². The molecule has 2 rings (SSSR count). The monoisotopic (exact) mass is 401 g/mol. The normalized spacial score (nSPS) is 12.2. The molecule has 0 aromatic heterocycles. The highest BCUT2D eigenvalue weighted by molar-refractivity contribution is 6.33. The van der Waals surface area contributed by atoms with Crippen molar-refractivity contribution in [3.8, 4) is 5.75 Å². The summed E-state index contributed by atoms with van der Waals surface area (Å²) in [5, 5.41) is 2.10. The molecule has 0 heterocycles. The third kappa shape index (κ3) is 6.18. The maximum absolute atomic E-state index is 12.7. The highest BCUT2D eigenvalue weighted by Gasteiger charge is 2.31. The van der Waals surface area contributed by atoms with Crippen molar-refractivity contribution < 1.29 is 32.2 Å². The molecular formula is C18H15ClF3NO4. The van der Waals surface area contributed by atoms with Crippen LogP contribution in [0.15, 0.2) is 48.5 Å². The van der Waals surface area contributed by atoms with E-state index in [2.05, 4.69) is 5.32 Å². The van der Waals surface area contributed by atoms with Crippen LogP contribution in [-0.2, 0) is 20.5 Å². The number of esters is 1. The molecule has 0 saturated heterocycles. The fourth-order valence-electron chi connectivity index (χ4n) is 1.99. The number of benzene rings is 2. The van der Waals surface area contributed by atoms with Crippen LogP contribution in [0.4, 0.5) is 18.9 Å². The summed E-state index contributed by atoms with van der Waals surface area (Å²) < 4.78 is 48.3. The quantitative estimate of drug-likeness (QED) is 0.733. The summed E-state index contributed by atoms with van der Waals surface area (Å²) >= 11 is 5.78. The second-order valence-electron chi connectivity index (χ2n) is 5.42. The molecule has 144 valence electrons. The van der Waals surface area contributed by atoms with Crippen LogP contribution in [0.25, 0.3) is 0 Å². The summed E-state index contributed by atoms with van der Waals surface area (Å²) in [6, 6.07) is 11.0. The third-order valence-electron chi connectivity index (χ3n) is 3.30. The van der Waals surface area contributed by atoms with Crippen LogP contribution in [0.3, 0.4) is 0 Å². The average Bonchev–Trinajstić information content (AvgIpc) is 2.61. The van der Waals surface area contributed by atoms with Gasteiger partial charge in [-0.3, -0.25) is 4.79 Å². The second-order valence-corrected chi connectivity index (χ2v) is 5.83. The molecule has 1 N–H and O–H groups in total. The first kappa shape index (κ1) is 20.6. The number of rotatable bonds is 6. The summed E-state index contributed by atoms with van der Waals surface area (Å²) in [7, 11) is 0. The summed E-state index contributed by atoms with van der Waals surface area (Å²) in [4.78, 5) is 23.7. The molecule has 0 saturated carbocycles. The van der Waals surface area contributed by atoms with Crippen molar-refractivity contribution in [2.24, 2.45) is 0 Å². The van der Waals surface area contributed by atoms with Crippen molar-refractivity contribution >= 4 is 29.2 Å². The SMILES string of the molecule is CC(Oc1ccccc1)C(=O)OCC(=O)Nc1cc(C(F)(F)F)ccc1Cl. The van der Waals surface area contributed by atoms with Gasteiger partial charge in [-0.1, -0.05) is 29.8 Å². The van der Waals surface area contributed by atoms with E-state index in [1.165, 1.54) is 6.92 Å². The highest BCUT2D eigenvalue weighted by atomic mass is 35.5. The van der Waals surface area contributed by atoms with Crippen molar-refractivity contribution in [1.82, 2.24) is 0 Å². The third-order valence-corrected chi connectivity index (χ3v) is 3.63. The Morgan fingerprint density at radius 2 is 1.81 bits per heavy atom. The fourth-order valence-corrected chi connectivity index (χ4v) is 2.15. The average molecular weight is 402 g/mol. The molecule has 1 unspecified atom stereocenters. The minimum absolute atomic E-state index is 0.0801. The van der Waals surface area contributed by atoms with E-state index in [0.29, 0.717) is 11.8 Å². The van der Waals surface area contributed by atoms with Crippen molar-refractivity contribution in [2.75, 3.05) is 11.9 Å². The maximum atomic E-state index is 12.7. The van der Waals surface area contributed by atoms with Crippen LogP contribution in [0.1, 0.15) is 12.5 Å². The first-order valence-electron chi connectivity index (χ1n) is 7.72. The Kier molecular flexibility index (Phi) is 6.68. The number of alkyl halides is 3. The van der Waals surface area contributed by atoms with Gasteiger partial charge in [0.05, 0.1) is 16.3 Å². The minimum atomic E-state index is -4.58. The molecule has 2 aromatic rings. The molecule has 0 aliphatic rings. The summed E-state index contributed by atoms with van der Waals surface area (Å²) in [6.45, 7) is 0.741. The molecule has 0 fully saturated rings. The van der Waals surface area contributed by atoms with Crippen LogP contribution in [0.2, 0.25) is 5.02 Å². The lowest BCUT2D eigenvalue weighted by atomic mass is 10.2. The predicted octanol–water partition coefficient (Wildman–Crippen LogP) is 4.31. The lowest BCUT2D eigenvalue weighted by molar-refractivity contribution is -0.153. The van der Waals surface area contributed by atoms with E-state index in [9.17, 15) is 22.8 Å². The van der Waals surface area contributed by atoms with Crippen LogP contribution in [0, 0.1) is 0 Å². The van der Waals surface area contributed by atoms with Crippen LogP contribution in [-0.4, -0.2) is 24.6 Å². The Morgan fingerprint density at radius 3 is 2.44 bits per heavy atom. The van der Waals surface area contributed by atoms with Gasteiger partial charge >= 0.3 is 12.1 Å². The van der Waals surface area contributed by atoms with Gasteiger partial charge in [0.15, 0.2) is 12.7 Å². The summed E-state index contributed by atoms with van der Waals surface area (Å²) in [5.41, 5.74) is -1.20. The van der Waals surface area contributed by atoms with E-state index in [1.54, 1.807) is 30.3 Å². The number of carbonyl (C=O) groups excluding carboxylic acids is 2. The molecule has 1 amide bonds. The number of ether oxygens (including phenoxy) is 2. The van der Waals surface area contributed by atoms with E-state index < -0.39 is 36.3 Å². The smallest absolute Gasteiger partial charge is 0.416 e. The van der Waals surface area contributed by atoms with Gasteiger partial charge in [0.2, 0.25) is 0 Å². The molecule has 1 atom stereocenters. The van der Waals surface area contributed by atoms with Gasteiger partial charge in [-0.15, -0.1) is 0 Å². The zero-order valence-corrected chi connectivity index (χ0v) is 14.8. The van der Waals surface area contributed by atoms with Gasteiger partial charge in [0, 0.05) is 0 Å². The largest absolute Gasteiger partial charge is 0.479 e. The molecule has 0 aliphatic carbocycles. The van der Waals surface area contributed by atoms with Crippen molar-refractivity contribution in [1.29, 1.82) is 0 Å². The Balaban J connectivity index is 1.90. The van der Waals surface area contributed by atoms with Gasteiger partial charge in [0.1, 0.15) is 5.75 Å². The molecule has 0 aliphatic heterocycles. The standard InChI is InChI=1S/C18H15ClF3NO4/c1-11(27-13-5-3-2-4-6-13)17(25)26-10-16(24)23-15-9-12(18(20,21)22)7-8-14(15)19/h2-9,11H,10H2,1H3,(H,23,24). The van der Waals surface area contributed by atoms with Crippen LogP contribution >= 0.6 is 11.6 Å². The Morgan fingerprint density at radius 1 is 1.15 bits per heavy atom. The Bertz CT molecular complexity index is 812. The van der Waals surface area contributed by atoms with E-state index in [-0.39, 0.29) is 10.7 Å². The number of para-hydroxylation sites is 1. The van der Waals surface area contributed by atoms with E-state index >= 15 is 0 Å². The van der Waals surface area contributed by atoms with Gasteiger partial charge in [-0.2, -0.15) is 13.2 Å². The molecule has 9 heteroatoms. The molecule has 0 radical (unpaired) electrons. The zero-order chi connectivity index (χ0) is 20.0. The molecule has 0 spiro atoms. The number of hydrogen-bond donors (Lipinski definition) is 1. The topological polar surface area (TPSA) is 64.6 Å². The number of anilines is 1. The van der Waals surface area contributed by atoms with Crippen molar-refractivity contribution in [2.45, 2.75) is 19.2 Å². The van der Waals surface area contributed by atoms with Gasteiger partial charge in [-0.25, -0.2) is 4.79 Å². The minimum Gasteiger partial charge on any atom is -0.479 e. The van der Waals surface area contributed by atoms with E-state index in [4.69, 9.17) is 21.1 Å². The van der Waals surface area contributed by atoms with E-state index in [1.807, 2.05) is 0 Å². The lowest BCUT2D eigenvalue weighted by Gasteiger charge is -2.14. The Labute approximate surface area is 158 Å². The van der Waals surface area contributed by atoms with Crippen LogP contribution in [0.5, 0.6) is 5.75 Å².